The number of fused-ring (bicyclic) bond motifs is 5. The minimum absolute atomic E-state index is 0.249. The van der Waals surface area contributed by atoms with Crippen LogP contribution in [0.4, 0.5) is 0 Å². The number of hydrogen-bond donors (Lipinski definition) is 0. The molecule has 2 unspecified atom stereocenters. The summed E-state index contributed by atoms with van der Waals surface area (Å²) in [7, 11) is -1.45. The Bertz CT molecular complexity index is 864. The maximum Gasteiger partial charge on any atom is 0.184 e. The Morgan fingerprint density at radius 3 is 2.48 bits per heavy atom. The lowest BCUT2D eigenvalue weighted by Crippen LogP contribution is -2.54. The molecule has 3 nitrogen and oxygen atoms in total. The van der Waals surface area contributed by atoms with Crippen molar-refractivity contribution >= 4 is 14.0 Å². The third kappa shape index (κ3) is 4.47. The van der Waals surface area contributed by atoms with E-state index >= 15 is 0 Å². The van der Waals surface area contributed by atoms with E-state index in [0.717, 1.165) is 30.1 Å². The van der Waals surface area contributed by atoms with Crippen molar-refractivity contribution in [2.75, 3.05) is 0 Å². The average Bonchev–Trinajstić information content (AvgIpc) is 3.10. The van der Waals surface area contributed by atoms with Gasteiger partial charge in [-0.2, -0.15) is 0 Å². The maximum atomic E-state index is 6.59. The van der Waals surface area contributed by atoms with Crippen molar-refractivity contribution in [2.24, 2.45) is 39.7 Å². The predicted molar refractivity (Wildman–Crippen MR) is 139 cm³/mol. The van der Waals surface area contributed by atoms with Crippen LogP contribution < -0.4 is 0 Å². The van der Waals surface area contributed by atoms with Gasteiger partial charge >= 0.3 is 0 Å². The van der Waals surface area contributed by atoms with E-state index in [1.54, 1.807) is 0 Å². The van der Waals surface area contributed by atoms with Gasteiger partial charge in [0.15, 0.2) is 8.32 Å². The first-order chi connectivity index (χ1) is 15.7. The normalized spacial score (nSPS) is 41.8. The van der Waals surface area contributed by atoms with Crippen molar-refractivity contribution in [1.29, 1.82) is 0 Å². The van der Waals surface area contributed by atoms with Crippen LogP contribution in [0.25, 0.3) is 0 Å². The minimum Gasteiger partial charge on any atom is -0.415 e. The molecule has 0 radical (unpaired) electrons. The molecule has 0 amide bonds. The molecule has 4 aliphatic rings. The molecule has 0 spiro atoms. The molecular formula is C29H45NO2Si. The van der Waals surface area contributed by atoms with Gasteiger partial charge in [0.05, 0.1) is 5.71 Å². The van der Waals surface area contributed by atoms with Gasteiger partial charge in [0, 0.05) is 11.5 Å². The largest absolute Gasteiger partial charge is 0.415 e. The smallest absolute Gasteiger partial charge is 0.184 e. The molecule has 0 N–H and O–H groups in total. The zero-order chi connectivity index (χ0) is 23.3. The topological polar surface area (TPSA) is 30.8 Å². The number of nitrogens with zero attached hydrogens (tertiary/aromatic N) is 1. The lowest BCUT2D eigenvalue weighted by Gasteiger charge is -2.60. The molecule has 5 rings (SSSR count). The van der Waals surface area contributed by atoms with Gasteiger partial charge in [0.25, 0.3) is 0 Å². The van der Waals surface area contributed by atoms with Crippen molar-refractivity contribution in [3.63, 3.8) is 0 Å². The number of oxime groups is 1. The average molecular weight is 468 g/mol. The molecule has 0 heterocycles. The van der Waals surface area contributed by atoms with E-state index in [1.807, 2.05) is 0 Å². The van der Waals surface area contributed by atoms with Crippen LogP contribution in [0.3, 0.4) is 0 Å². The van der Waals surface area contributed by atoms with Crippen LogP contribution in [0.15, 0.2) is 35.5 Å². The molecule has 182 valence electrons. The summed E-state index contributed by atoms with van der Waals surface area (Å²) in [5.74, 6) is 3.43. The second-order valence-electron chi connectivity index (χ2n) is 13.1. The first-order valence-corrected chi connectivity index (χ1v) is 17.0. The van der Waals surface area contributed by atoms with Crippen molar-refractivity contribution in [3.05, 3.63) is 35.9 Å². The third-order valence-corrected chi connectivity index (χ3v) is 11.2. The molecule has 0 aromatic heterocycles. The van der Waals surface area contributed by atoms with E-state index < -0.39 is 8.32 Å². The van der Waals surface area contributed by atoms with E-state index in [0.29, 0.717) is 18.1 Å². The van der Waals surface area contributed by atoms with Crippen molar-refractivity contribution in [2.45, 2.75) is 104 Å². The molecule has 0 saturated heterocycles. The highest BCUT2D eigenvalue weighted by Crippen LogP contribution is 2.65. The highest BCUT2D eigenvalue weighted by Gasteiger charge is 2.59. The molecular weight excluding hydrogens is 422 g/mol. The summed E-state index contributed by atoms with van der Waals surface area (Å²) in [5, 5.41) is 4.76. The van der Waals surface area contributed by atoms with Gasteiger partial charge in [-0.05, 0) is 112 Å². The van der Waals surface area contributed by atoms with Crippen LogP contribution in [0.5, 0.6) is 0 Å². The Hall–Kier alpha value is -1.13. The fourth-order valence-electron chi connectivity index (χ4n) is 8.52. The quantitative estimate of drug-likeness (QED) is 0.326. The summed E-state index contributed by atoms with van der Waals surface area (Å²) in [4.78, 5) is 5.89. The van der Waals surface area contributed by atoms with Crippen LogP contribution in [-0.4, -0.2) is 20.1 Å². The number of rotatable bonds is 5. The summed E-state index contributed by atoms with van der Waals surface area (Å²) in [6.07, 6.45) is 12.4. The summed E-state index contributed by atoms with van der Waals surface area (Å²) >= 11 is 0. The fraction of sp³-hybridized carbons (Fsp3) is 0.759. The van der Waals surface area contributed by atoms with Crippen LogP contribution in [0, 0.1) is 34.5 Å². The molecule has 4 fully saturated rings. The van der Waals surface area contributed by atoms with Crippen molar-refractivity contribution < 1.29 is 9.26 Å². The zero-order valence-electron chi connectivity index (χ0n) is 21.6. The van der Waals surface area contributed by atoms with Gasteiger partial charge in [-0.1, -0.05) is 49.3 Å². The minimum atomic E-state index is -1.45. The summed E-state index contributed by atoms with van der Waals surface area (Å²) in [6.45, 7) is 12.8. The first kappa shape index (κ1) is 23.6. The summed E-state index contributed by atoms with van der Waals surface area (Å²) in [5.41, 5.74) is 3.32. The summed E-state index contributed by atoms with van der Waals surface area (Å²) < 4.78 is 6.59. The van der Waals surface area contributed by atoms with Gasteiger partial charge in [-0.3, -0.25) is 0 Å². The van der Waals surface area contributed by atoms with Crippen molar-refractivity contribution in [1.82, 2.24) is 0 Å². The second-order valence-corrected chi connectivity index (χ2v) is 17.5. The summed E-state index contributed by atoms with van der Waals surface area (Å²) in [6, 6.07) is 10.4. The monoisotopic (exact) mass is 467 g/mol. The highest BCUT2D eigenvalue weighted by atomic mass is 28.4. The van der Waals surface area contributed by atoms with Crippen LogP contribution >= 0.6 is 0 Å². The fourth-order valence-corrected chi connectivity index (χ4v) is 9.74. The van der Waals surface area contributed by atoms with Gasteiger partial charge < -0.3 is 9.26 Å². The molecule has 0 aliphatic heterocycles. The highest BCUT2D eigenvalue weighted by molar-refractivity contribution is 6.69. The second kappa shape index (κ2) is 8.82. The Morgan fingerprint density at radius 2 is 1.73 bits per heavy atom. The standard InChI is InChI=1S/C29H45NO2Si/c1-28-17-15-23(32-33(3,4)5)19-22(28)11-12-24-25-13-14-27(29(25,2)18-16-26(24)28)30-31-20-21-9-7-6-8-10-21/h6-10,22-26H,11-20H2,1-5H3/b30-27+/t22?,23?,24-,25-,26-,28-,29-/m0/s1. The Balaban J connectivity index is 1.26. The lowest BCUT2D eigenvalue weighted by atomic mass is 9.45. The van der Waals surface area contributed by atoms with Gasteiger partial charge in [-0.25, -0.2) is 0 Å². The Morgan fingerprint density at radius 1 is 0.939 bits per heavy atom. The predicted octanol–water partition coefficient (Wildman–Crippen LogP) is 7.82. The van der Waals surface area contributed by atoms with Gasteiger partial charge in [-0.15, -0.1) is 0 Å². The molecule has 1 aromatic rings. The van der Waals surface area contributed by atoms with Crippen LogP contribution in [0.2, 0.25) is 19.6 Å². The molecule has 1 aromatic carbocycles. The van der Waals surface area contributed by atoms with Gasteiger partial charge in [0.1, 0.15) is 6.61 Å². The van der Waals surface area contributed by atoms with Crippen LogP contribution in [0.1, 0.15) is 77.2 Å². The van der Waals surface area contributed by atoms with E-state index in [-0.39, 0.29) is 5.41 Å². The molecule has 4 saturated carbocycles. The van der Waals surface area contributed by atoms with Gasteiger partial charge in [0.2, 0.25) is 0 Å². The Kier molecular flexibility index (Phi) is 6.31. The van der Waals surface area contributed by atoms with Crippen molar-refractivity contribution in [3.8, 4) is 0 Å². The molecule has 33 heavy (non-hydrogen) atoms. The molecule has 4 aliphatic carbocycles. The lowest BCUT2D eigenvalue weighted by molar-refractivity contribution is -0.111. The number of benzene rings is 1. The molecule has 4 heteroatoms. The Labute approximate surface area is 202 Å². The van der Waals surface area contributed by atoms with E-state index in [4.69, 9.17) is 14.4 Å². The molecule has 0 bridgehead atoms. The van der Waals surface area contributed by atoms with E-state index in [1.165, 1.54) is 62.6 Å². The zero-order valence-corrected chi connectivity index (χ0v) is 22.6. The maximum absolute atomic E-state index is 6.59. The van der Waals surface area contributed by atoms with E-state index in [9.17, 15) is 0 Å². The first-order valence-electron chi connectivity index (χ1n) is 13.6. The van der Waals surface area contributed by atoms with Crippen LogP contribution in [-0.2, 0) is 15.9 Å². The molecule has 7 atom stereocenters. The van der Waals surface area contributed by atoms with E-state index in [2.05, 4.69) is 63.8 Å². The number of hydrogen-bond acceptors (Lipinski definition) is 3. The third-order valence-electron chi connectivity index (χ3n) is 10.1. The SMILES string of the molecule is C[C@]12CCC(O[Si](C)(C)C)CC1CC[C@@H]1[C@@H]2CC[C@]2(C)/C(=N/OCc3ccccc3)CC[C@@H]12.